The van der Waals surface area contributed by atoms with E-state index in [0.717, 1.165) is 23.9 Å². The predicted octanol–water partition coefficient (Wildman–Crippen LogP) is 6.53. The van der Waals surface area contributed by atoms with E-state index in [1.54, 1.807) is 37.3 Å². The van der Waals surface area contributed by atoms with Gasteiger partial charge in [-0.15, -0.1) is 0 Å². The smallest absolute Gasteiger partial charge is 0.335 e. The highest BCUT2D eigenvalue weighted by Crippen LogP contribution is 2.30. The van der Waals surface area contributed by atoms with Crippen molar-refractivity contribution < 1.29 is 19.1 Å². The second kappa shape index (κ2) is 10.2. The number of hydrogen-bond donors (Lipinski definition) is 1. The van der Waals surface area contributed by atoms with Gasteiger partial charge >= 0.3 is 6.03 Å². The summed E-state index contributed by atoms with van der Waals surface area (Å²) in [5, 5.41) is 2.26. The molecule has 4 amide bonds. The van der Waals surface area contributed by atoms with Crippen LogP contribution in [-0.2, 0) is 16.2 Å². The van der Waals surface area contributed by atoms with E-state index in [1.807, 2.05) is 30.3 Å². The first-order valence-corrected chi connectivity index (χ1v) is 12.5. The zero-order chi connectivity index (χ0) is 24.4. The summed E-state index contributed by atoms with van der Waals surface area (Å²) in [5.74, 6) is -0.986. The molecule has 0 spiro atoms. The van der Waals surface area contributed by atoms with Gasteiger partial charge in [0.1, 0.15) is 17.9 Å². The number of aryl methyl sites for hydroxylation is 1. The predicted molar refractivity (Wildman–Crippen MR) is 140 cm³/mol. The molecule has 1 fully saturated rings. The standard InChI is InChI=1S/C25H17Br3N2O4/c1-14-10-18(27)6-8-21(14)30-24(32)20(23(31)29-25(30)33)12-16-11-19(28)7-9-22(16)34-13-15-2-4-17(26)5-3-15/h2-12H,13H2,1H3,(H,29,31,33)/b20-12-. The molecule has 172 valence electrons. The third-order valence-electron chi connectivity index (χ3n) is 5.08. The van der Waals surface area contributed by atoms with Gasteiger partial charge in [0.05, 0.1) is 5.69 Å². The minimum Gasteiger partial charge on any atom is -0.488 e. The average molecular weight is 649 g/mol. The Bertz CT molecular complexity index is 1340. The lowest BCUT2D eigenvalue weighted by Gasteiger charge is -2.27. The van der Waals surface area contributed by atoms with Crippen LogP contribution in [0.3, 0.4) is 0 Å². The fourth-order valence-electron chi connectivity index (χ4n) is 3.41. The Labute approximate surface area is 221 Å². The van der Waals surface area contributed by atoms with E-state index < -0.39 is 17.8 Å². The lowest BCUT2D eigenvalue weighted by atomic mass is 10.0. The minimum absolute atomic E-state index is 0.173. The van der Waals surface area contributed by atoms with Crippen LogP contribution in [0, 0.1) is 6.92 Å². The third-order valence-corrected chi connectivity index (χ3v) is 6.60. The zero-order valence-corrected chi connectivity index (χ0v) is 22.5. The number of nitrogens with zero attached hydrogens (tertiary/aromatic N) is 1. The first kappa shape index (κ1) is 24.4. The summed E-state index contributed by atoms with van der Waals surface area (Å²) in [7, 11) is 0. The molecule has 0 saturated carbocycles. The van der Waals surface area contributed by atoms with E-state index in [-0.39, 0.29) is 5.57 Å². The highest BCUT2D eigenvalue weighted by Gasteiger charge is 2.37. The fraction of sp³-hybridized carbons (Fsp3) is 0.0800. The molecule has 1 N–H and O–H groups in total. The van der Waals surface area contributed by atoms with Crippen molar-refractivity contribution in [2.24, 2.45) is 0 Å². The molecule has 4 rings (SSSR count). The highest BCUT2D eigenvalue weighted by molar-refractivity contribution is 9.11. The van der Waals surface area contributed by atoms with Gasteiger partial charge in [-0.1, -0.05) is 59.9 Å². The monoisotopic (exact) mass is 646 g/mol. The topological polar surface area (TPSA) is 75.7 Å². The van der Waals surface area contributed by atoms with E-state index >= 15 is 0 Å². The number of amides is 4. The van der Waals surface area contributed by atoms with Gasteiger partial charge in [0, 0.05) is 19.0 Å². The summed E-state index contributed by atoms with van der Waals surface area (Å²) >= 11 is 10.2. The molecule has 0 radical (unpaired) electrons. The van der Waals surface area contributed by atoms with Crippen LogP contribution in [0.5, 0.6) is 5.75 Å². The summed E-state index contributed by atoms with van der Waals surface area (Å²) in [6, 6.07) is 17.4. The lowest BCUT2D eigenvalue weighted by molar-refractivity contribution is -0.122. The van der Waals surface area contributed by atoms with E-state index in [1.165, 1.54) is 6.08 Å². The molecule has 3 aromatic rings. The van der Waals surface area contributed by atoms with Crippen molar-refractivity contribution >= 4 is 77.4 Å². The van der Waals surface area contributed by atoms with Gasteiger partial charge in [-0.3, -0.25) is 14.9 Å². The van der Waals surface area contributed by atoms with Gasteiger partial charge in [-0.05, 0) is 72.7 Å². The first-order chi connectivity index (χ1) is 16.2. The Morgan fingerprint density at radius 2 is 1.53 bits per heavy atom. The molecule has 6 nitrogen and oxygen atoms in total. The van der Waals surface area contributed by atoms with Gasteiger partial charge in [0.25, 0.3) is 11.8 Å². The second-order valence-electron chi connectivity index (χ2n) is 7.49. The largest absolute Gasteiger partial charge is 0.488 e. The van der Waals surface area contributed by atoms with Crippen molar-refractivity contribution in [2.75, 3.05) is 4.90 Å². The summed E-state index contributed by atoms with van der Waals surface area (Å²) in [6.07, 6.45) is 1.44. The third kappa shape index (κ3) is 5.32. The van der Waals surface area contributed by atoms with Gasteiger partial charge < -0.3 is 4.74 Å². The fourth-order valence-corrected chi connectivity index (χ4v) is 4.53. The summed E-state index contributed by atoms with van der Waals surface area (Å²) in [5.41, 5.74) is 2.40. The number of imide groups is 2. The molecule has 0 unspecified atom stereocenters. The van der Waals surface area contributed by atoms with Gasteiger partial charge in [-0.2, -0.15) is 0 Å². The molecule has 34 heavy (non-hydrogen) atoms. The number of nitrogens with one attached hydrogen (secondary N) is 1. The molecule has 0 bridgehead atoms. The minimum atomic E-state index is -0.793. The molecule has 0 aliphatic carbocycles. The molecule has 1 saturated heterocycles. The molecule has 0 aromatic heterocycles. The summed E-state index contributed by atoms with van der Waals surface area (Å²) in [6.45, 7) is 2.08. The molecular weight excluding hydrogens is 632 g/mol. The van der Waals surface area contributed by atoms with Crippen molar-refractivity contribution in [1.82, 2.24) is 5.32 Å². The summed E-state index contributed by atoms with van der Waals surface area (Å²) < 4.78 is 8.51. The Hall–Kier alpha value is -2.75. The van der Waals surface area contributed by atoms with E-state index in [9.17, 15) is 14.4 Å². The van der Waals surface area contributed by atoms with Crippen molar-refractivity contribution in [3.8, 4) is 5.75 Å². The van der Waals surface area contributed by atoms with Gasteiger partial charge in [0.2, 0.25) is 0 Å². The second-order valence-corrected chi connectivity index (χ2v) is 10.2. The van der Waals surface area contributed by atoms with Crippen LogP contribution in [0.1, 0.15) is 16.7 Å². The Morgan fingerprint density at radius 3 is 2.24 bits per heavy atom. The van der Waals surface area contributed by atoms with E-state index in [0.29, 0.717) is 29.2 Å². The number of carbonyl (C=O) groups excluding carboxylic acids is 3. The molecule has 1 aliphatic rings. The normalized spacial score (nSPS) is 15.0. The van der Waals surface area contributed by atoms with Gasteiger partial charge in [0.15, 0.2) is 0 Å². The highest BCUT2D eigenvalue weighted by atomic mass is 79.9. The van der Waals surface area contributed by atoms with Crippen LogP contribution in [0.2, 0.25) is 0 Å². The van der Waals surface area contributed by atoms with Crippen LogP contribution in [0.4, 0.5) is 10.5 Å². The molecule has 0 atom stereocenters. The number of benzene rings is 3. The number of halogens is 3. The van der Waals surface area contributed by atoms with Crippen molar-refractivity contribution in [2.45, 2.75) is 13.5 Å². The van der Waals surface area contributed by atoms with Crippen molar-refractivity contribution in [1.29, 1.82) is 0 Å². The number of barbiturate groups is 1. The lowest BCUT2D eigenvalue weighted by Crippen LogP contribution is -2.54. The zero-order valence-electron chi connectivity index (χ0n) is 17.8. The van der Waals surface area contributed by atoms with Gasteiger partial charge in [-0.25, -0.2) is 9.69 Å². The SMILES string of the molecule is Cc1cc(Br)ccc1N1C(=O)NC(=O)/C(=C/c2cc(Br)ccc2OCc2ccc(Br)cc2)C1=O. The number of ether oxygens (including phenoxy) is 1. The molecule has 1 aliphatic heterocycles. The van der Waals surface area contributed by atoms with Crippen LogP contribution in [0.25, 0.3) is 6.08 Å². The first-order valence-electron chi connectivity index (χ1n) is 10.1. The quantitative estimate of drug-likeness (QED) is 0.252. The number of hydrogen-bond acceptors (Lipinski definition) is 4. The Kier molecular flexibility index (Phi) is 7.35. The molecule has 3 aromatic carbocycles. The van der Waals surface area contributed by atoms with Crippen molar-refractivity contribution in [3.63, 3.8) is 0 Å². The van der Waals surface area contributed by atoms with E-state index in [4.69, 9.17) is 4.74 Å². The maximum atomic E-state index is 13.3. The number of anilines is 1. The van der Waals surface area contributed by atoms with Crippen LogP contribution in [-0.4, -0.2) is 17.8 Å². The Morgan fingerprint density at radius 1 is 0.882 bits per heavy atom. The molecule has 1 heterocycles. The number of rotatable bonds is 5. The van der Waals surface area contributed by atoms with Crippen LogP contribution >= 0.6 is 47.8 Å². The van der Waals surface area contributed by atoms with Crippen LogP contribution in [0.15, 0.2) is 79.7 Å². The molecular formula is C25H17Br3N2O4. The maximum absolute atomic E-state index is 13.3. The van der Waals surface area contributed by atoms with E-state index in [2.05, 4.69) is 53.1 Å². The number of carbonyl (C=O) groups is 3. The average Bonchev–Trinajstić information content (AvgIpc) is 2.78. The molecule has 9 heteroatoms. The summed E-state index contributed by atoms with van der Waals surface area (Å²) in [4.78, 5) is 39.5. The Balaban J connectivity index is 1.68. The van der Waals surface area contributed by atoms with Crippen LogP contribution < -0.4 is 15.0 Å². The number of urea groups is 1. The maximum Gasteiger partial charge on any atom is 0.335 e. The van der Waals surface area contributed by atoms with Crippen molar-refractivity contribution in [3.05, 3.63) is 96.3 Å².